The molecule has 3 saturated heterocycles. The van der Waals surface area contributed by atoms with E-state index in [2.05, 4.69) is 59.9 Å². The first kappa shape index (κ1) is 54.0. The number of anilines is 1. The molecule has 9 N–H and O–H groups in total. The Bertz CT molecular complexity index is 2150. The number of fused-ring (bicyclic) bond motifs is 7. The molecule has 3 heterocycles. The van der Waals surface area contributed by atoms with Crippen molar-refractivity contribution in [3.05, 3.63) is 40.9 Å². The molecule has 3 aliphatic heterocycles. The van der Waals surface area contributed by atoms with Gasteiger partial charge in [-0.15, -0.1) is 0 Å². The lowest BCUT2D eigenvalue weighted by molar-refractivity contribution is -0.393. The first-order valence-corrected chi connectivity index (χ1v) is 26.7. The van der Waals surface area contributed by atoms with Gasteiger partial charge in [-0.25, -0.2) is 0 Å². The molecular formula is C54H82ClNO15. The summed E-state index contributed by atoms with van der Waals surface area (Å²) in [5, 5.41) is 90.9. The second-order valence-electron chi connectivity index (χ2n) is 25.1. The number of carbonyl (C=O) groups is 1. The zero-order chi connectivity index (χ0) is 51.5. The molecule has 9 rings (SSSR count). The number of benzene rings is 1. The highest BCUT2D eigenvalue weighted by Crippen LogP contribution is 2.76. The number of halogens is 1. The molecule has 7 fully saturated rings. The summed E-state index contributed by atoms with van der Waals surface area (Å²) in [5.74, 6) is 0.700. The third-order valence-electron chi connectivity index (χ3n) is 20.4. The summed E-state index contributed by atoms with van der Waals surface area (Å²) in [6.07, 6.45) is -11.1. The largest absolute Gasteiger partial charge is 0.394 e. The number of para-hydroxylation sites is 1. The van der Waals surface area contributed by atoms with Gasteiger partial charge in [-0.05, 0) is 135 Å². The van der Waals surface area contributed by atoms with Gasteiger partial charge in [0.15, 0.2) is 18.9 Å². The first-order chi connectivity index (χ1) is 33.2. The minimum Gasteiger partial charge on any atom is -0.394 e. The van der Waals surface area contributed by atoms with Crippen LogP contribution in [0.4, 0.5) is 5.69 Å². The van der Waals surface area contributed by atoms with Crippen LogP contribution in [0, 0.1) is 50.2 Å². The van der Waals surface area contributed by atoms with Crippen LogP contribution < -0.4 is 5.32 Å². The summed E-state index contributed by atoms with van der Waals surface area (Å²) in [7, 11) is 0. The zero-order valence-corrected chi connectivity index (χ0v) is 43.7. The number of rotatable bonds is 9. The zero-order valence-electron chi connectivity index (χ0n) is 42.9. The lowest BCUT2D eigenvalue weighted by Gasteiger charge is -2.71. The molecule has 17 heteroatoms. The van der Waals surface area contributed by atoms with E-state index >= 15 is 0 Å². The molecule has 71 heavy (non-hydrogen) atoms. The van der Waals surface area contributed by atoms with Gasteiger partial charge in [0.25, 0.3) is 0 Å². The molecule has 0 bridgehead atoms. The van der Waals surface area contributed by atoms with Crippen LogP contribution in [0.5, 0.6) is 0 Å². The topological polar surface area (TPSA) is 246 Å². The van der Waals surface area contributed by atoms with Crippen LogP contribution in [0.3, 0.4) is 0 Å². The highest BCUT2D eigenvalue weighted by Gasteiger charge is 2.70. The van der Waals surface area contributed by atoms with Crippen molar-refractivity contribution in [2.24, 2.45) is 50.2 Å². The highest BCUT2D eigenvalue weighted by molar-refractivity contribution is 6.33. The fourth-order valence-corrected chi connectivity index (χ4v) is 16.0. The fraction of sp³-hybridized carbons (Fsp3) is 0.833. The van der Waals surface area contributed by atoms with Crippen LogP contribution in [-0.4, -0.2) is 152 Å². The van der Waals surface area contributed by atoms with Crippen molar-refractivity contribution in [2.45, 2.75) is 225 Å². The lowest BCUT2D eigenvalue weighted by atomic mass is 9.33. The van der Waals surface area contributed by atoms with Gasteiger partial charge in [0.05, 0.1) is 41.0 Å². The van der Waals surface area contributed by atoms with E-state index in [0.29, 0.717) is 23.0 Å². The monoisotopic (exact) mass is 1020 g/mol. The molecule has 0 radical (unpaired) electrons. The number of ether oxygens (including phenoxy) is 6. The maximum atomic E-state index is 14.8. The Morgan fingerprint density at radius 2 is 1.30 bits per heavy atom. The molecular weight excluding hydrogens is 938 g/mol. The third-order valence-corrected chi connectivity index (χ3v) is 20.8. The van der Waals surface area contributed by atoms with Crippen LogP contribution >= 0.6 is 11.6 Å². The molecule has 0 unspecified atom stereocenters. The number of aliphatic hydroxyl groups is 8. The van der Waals surface area contributed by atoms with Gasteiger partial charge in [0.2, 0.25) is 5.91 Å². The van der Waals surface area contributed by atoms with Gasteiger partial charge in [0, 0.05) is 0 Å². The van der Waals surface area contributed by atoms with Crippen molar-refractivity contribution in [3.63, 3.8) is 0 Å². The molecule has 23 atom stereocenters. The summed E-state index contributed by atoms with van der Waals surface area (Å²) in [6, 6.07) is 7.48. The SMILES string of the molecule is C[C@@H]1O[C@@H](O[C@H]2[C@H](O[C@H]3CC[C@]4(C)[C@H]5CC=C6[C@@H]7CC(C)(C)CC[C@]7(C(=O)Nc7ccccc7Cl)CC[C@@]6(C)[C@]5(C)CC[C@H]4C3(C)C)O[C@H](CO)[C@@H](O[C@@H]3O[C@@H](C)[C@H](O)[C@@H](O)[C@H]3O)[C@@H]2O)[C@H](O)[C@H](O)[C@H]1O. The third kappa shape index (κ3) is 8.80. The summed E-state index contributed by atoms with van der Waals surface area (Å²) in [4.78, 5) is 14.8. The Morgan fingerprint density at radius 3 is 1.92 bits per heavy atom. The predicted octanol–water partition coefficient (Wildman–Crippen LogP) is 4.97. The molecule has 5 aliphatic carbocycles. The average molecular weight is 1020 g/mol. The Labute approximate surface area is 423 Å². The minimum atomic E-state index is -1.74. The fourth-order valence-electron chi connectivity index (χ4n) is 15.9. The number of hydrogen-bond acceptors (Lipinski definition) is 15. The van der Waals surface area contributed by atoms with Crippen molar-refractivity contribution in [3.8, 4) is 0 Å². The molecule has 0 spiro atoms. The van der Waals surface area contributed by atoms with E-state index in [1.807, 2.05) is 24.3 Å². The van der Waals surface area contributed by atoms with Crippen LogP contribution in [0.15, 0.2) is 35.9 Å². The van der Waals surface area contributed by atoms with Gasteiger partial charge in [-0.1, -0.05) is 83.8 Å². The predicted molar refractivity (Wildman–Crippen MR) is 260 cm³/mol. The summed E-state index contributed by atoms with van der Waals surface area (Å²) < 4.78 is 37.4. The van der Waals surface area contributed by atoms with E-state index < -0.39 is 116 Å². The van der Waals surface area contributed by atoms with Gasteiger partial charge in [-0.2, -0.15) is 0 Å². The molecule has 4 saturated carbocycles. The van der Waals surface area contributed by atoms with E-state index in [1.54, 1.807) is 0 Å². The van der Waals surface area contributed by atoms with Gasteiger partial charge < -0.3 is 74.6 Å². The number of amides is 1. The van der Waals surface area contributed by atoms with E-state index in [0.717, 1.165) is 57.8 Å². The second kappa shape index (κ2) is 19.3. The van der Waals surface area contributed by atoms with E-state index in [4.69, 9.17) is 40.0 Å². The van der Waals surface area contributed by atoms with Gasteiger partial charge in [-0.3, -0.25) is 4.79 Å². The van der Waals surface area contributed by atoms with E-state index in [1.165, 1.54) is 19.4 Å². The standard InChI is InChI=1S/C54H82ClNO15/c1-26-36(58)38(60)40(62)45(66-26)70-43-32(25-57)68-47(44(42(43)64)71-46-41(63)39(61)37(59)27(2)67-46)69-35-17-18-51(7)33(50(35,5)6)16-19-53(9)34(51)15-14-28-29-24-49(3,4)20-22-54(29,23-21-52(28,53)8)48(65)56-31-13-11-10-12-30(31)55/h10-14,26-27,29,32-47,57-64H,15-25H2,1-9H3,(H,56,65)/t26-,27-,29-,32+,33-,34+,35-,36-,37-,38+,39+,40+,41+,42-,43+,44+,45-,46-,47-,51-,52+,53+,54-/m0/s1. The quantitative estimate of drug-likeness (QED) is 0.117. The van der Waals surface area contributed by atoms with Crippen LogP contribution in [0.25, 0.3) is 0 Å². The second-order valence-corrected chi connectivity index (χ2v) is 25.5. The minimum absolute atomic E-state index is 0.0599. The normalized spacial score (nSPS) is 50.3. The van der Waals surface area contributed by atoms with Gasteiger partial charge in [0.1, 0.15) is 61.0 Å². The number of aliphatic hydroxyl groups excluding tert-OH is 8. The van der Waals surface area contributed by atoms with Crippen molar-refractivity contribution < 1.29 is 74.1 Å². The molecule has 400 valence electrons. The average Bonchev–Trinajstić information content (AvgIpc) is 3.31. The summed E-state index contributed by atoms with van der Waals surface area (Å²) >= 11 is 6.61. The Balaban J connectivity index is 0.982. The van der Waals surface area contributed by atoms with E-state index in [-0.39, 0.29) is 39.4 Å². The molecule has 1 aromatic rings. The number of hydrogen-bond donors (Lipinski definition) is 9. The molecule has 1 amide bonds. The first-order valence-electron chi connectivity index (χ1n) is 26.3. The molecule has 1 aromatic carbocycles. The lowest BCUT2D eigenvalue weighted by Crippen LogP contribution is -2.68. The van der Waals surface area contributed by atoms with Crippen molar-refractivity contribution in [1.82, 2.24) is 0 Å². The number of carbonyl (C=O) groups excluding carboxylic acids is 1. The molecule has 8 aliphatic rings. The van der Waals surface area contributed by atoms with Crippen LogP contribution in [-0.2, 0) is 33.2 Å². The summed E-state index contributed by atoms with van der Waals surface area (Å²) in [6.45, 7) is 19.0. The Kier molecular flexibility index (Phi) is 14.7. The Hall–Kier alpha value is -1.84. The maximum Gasteiger partial charge on any atom is 0.231 e. The highest BCUT2D eigenvalue weighted by atomic mass is 35.5. The Morgan fingerprint density at radius 1 is 0.690 bits per heavy atom. The summed E-state index contributed by atoms with van der Waals surface area (Å²) in [5.41, 5.74) is 0.893. The van der Waals surface area contributed by atoms with Crippen molar-refractivity contribution in [1.29, 1.82) is 0 Å². The van der Waals surface area contributed by atoms with Crippen molar-refractivity contribution >= 4 is 23.2 Å². The smallest absolute Gasteiger partial charge is 0.231 e. The van der Waals surface area contributed by atoms with Gasteiger partial charge >= 0.3 is 0 Å². The van der Waals surface area contributed by atoms with Crippen LogP contribution in [0.2, 0.25) is 5.02 Å². The molecule has 16 nitrogen and oxygen atoms in total. The van der Waals surface area contributed by atoms with E-state index in [9.17, 15) is 45.6 Å². The number of nitrogens with one attached hydrogen (secondary N) is 1. The maximum absolute atomic E-state index is 14.8. The van der Waals surface area contributed by atoms with Crippen LogP contribution in [0.1, 0.15) is 127 Å². The molecule has 0 aromatic heterocycles. The number of allylic oxidation sites excluding steroid dienone is 2. The van der Waals surface area contributed by atoms with Crippen molar-refractivity contribution in [2.75, 3.05) is 11.9 Å².